The highest BCUT2D eigenvalue weighted by Gasteiger charge is 2.13. The Bertz CT molecular complexity index is 1510. The molecule has 2 heterocycles. The standard InChI is InChI=1S/C28H26BrN5O3/c1-3-19-4-6-20(7-5-19)21-8-10-23(11-9-21)28(35)37-17-36-16-30-24-14-12-22(13-15-24)26-31-27-25(29)18(2)32-34(27)33-26/h4-15,30,32H,3,16-17H2,1-2H3. The van der Waals surface area contributed by atoms with Crippen molar-refractivity contribution < 1.29 is 14.3 Å². The molecule has 3 aromatic carbocycles. The third kappa shape index (κ3) is 5.58. The van der Waals surface area contributed by atoms with E-state index < -0.39 is 5.97 Å². The second-order valence-corrected chi connectivity index (χ2v) is 9.29. The van der Waals surface area contributed by atoms with Gasteiger partial charge in [-0.05, 0) is 82.4 Å². The van der Waals surface area contributed by atoms with Crippen LogP contribution in [0, 0.1) is 6.92 Å². The fraction of sp³-hybridized carbons (Fsp3) is 0.179. The number of carbonyl (C=O) groups is 1. The van der Waals surface area contributed by atoms with Gasteiger partial charge in [0, 0.05) is 16.9 Å². The van der Waals surface area contributed by atoms with Crippen molar-refractivity contribution in [1.29, 1.82) is 0 Å². The lowest BCUT2D eigenvalue weighted by Gasteiger charge is -2.09. The van der Waals surface area contributed by atoms with Gasteiger partial charge in [-0.15, -0.1) is 5.10 Å². The number of ether oxygens (including phenoxy) is 2. The Balaban J connectivity index is 1.07. The fourth-order valence-corrected chi connectivity index (χ4v) is 4.20. The Kier molecular flexibility index (Phi) is 7.34. The summed E-state index contributed by atoms with van der Waals surface area (Å²) < 4.78 is 13.2. The molecule has 2 N–H and O–H groups in total. The quantitative estimate of drug-likeness (QED) is 0.126. The minimum atomic E-state index is -0.428. The summed E-state index contributed by atoms with van der Waals surface area (Å²) in [6, 6.07) is 23.5. The number of nitrogens with one attached hydrogen (secondary N) is 2. The summed E-state index contributed by atoms with van der Waals surface area (Å²) >= 11 is 3.52. The van der Waals surface area contributed by atoms with E-state index >= 15 is 0 Å². The number of halogens is 1. The molecule has 0 atom stereocenters. The normalized spacial score (nSPS) is 11.1. The van der Waals surface area contributed by atoms with Crippen LogP contribution < -0.4 is 5.32 Å². The van der Waals surface area contributed by atoms with E-state index in [1.54, 1.807) is 16.8 Å². The molecule has 0 unspecified atom stereocenters. The minimum Gasteiger partial charge on any atom is -0.435 e. The maximum absolute atomic E-state index is 12.3. The number of anilines is 1. The molecule has 9 heteroatoms. The summed E-state index contributed by atoms with van der Waals surface area (Å²) in [5, 5.41) is 10.7. The van der Waals surface area contributed by atoms with Crippen molar-refractivity contribution in [2.45, 2.75) is 20.3 Å². The van der Waals surface area contributed by atoms with E-state index in [0.717, 1.165) is 44.6 Å². The summed E-state index contributed by atoms with van der Waals surface area (Å²) in [6.45, 7) is 4.13. The molecule has 5 rings (SSSR count). The molecule has 2 aromatic heterocycles. The van der Waals surface area contributed by atoms with Gasteiger partial charge in [0.05, 0.1) is 10.0 Å². The summed E-state index contributed by atoms with van der Waals surface area (Å²) in [5.41, 5.74) is 7.41. The molecule has 0 bridgehead atoms. The minimum absolute atomic E-state index is 0.150. The third-order valence-electron chi connectivity index (χ3n) is 6.02. The number of H-pyrrole nitrogens is 1. The number of fused-ring (bicyclic) bond motifs is 1. The lowest BCUT2D eigenvalue weighted by atomic mass is 10.0. The molecule has 0 aliphatic carbocycles. The van der Waals surface area contributed by atoms with Gasteiger partial charge in [-0.3, -0.25) is 5.10 Å². The predicted molar refractivity (Wildman–Crippen MR) is 146 cm³/mol. The van der Waals surface area contributed by atoms with Gasteiger partial charge in [0.1, 0.15) is 6.73 Å². The Labute approximate surface area is 222 Å². The number of rotatable bonds is 9. The number of aromatic amines is 1. The number of esters is 1. The van der Waals surface area contributed by atoms with Gasteiger partial charge in [-0.25, -0.2) is 9.78 Å². The Hall–Kier alpha value is -3.95. The fourth-order valence-electron chi connectivity index (χ4n) is 3.85. The van der Waals surface area contributed by atoms with Gasteiger partial charge in [-0.2, -0.15) is 4.63 Å². The number of nitrogens with zero attached hydrogens (tertiary/aromatic N) is 3. The predicted octanol–water partition coefficient (Wildman–Crippen LogP) is 6.23. The van der Waals surface area contributed by atoms with Crippen LogP contribution in [-0.4, -0.2) is 39.3 Å². The van der Waals surface area contributed by atoms with Crippen LogP contribution in [0.3, 0.4) is 0 Å². The second kappa shape index (κ2) is 11.0. The van der Waals surface area contributed by atoms with Gasteiger partial charge < -0.3 is 14.8 Å². The van der Waals surface area contributed by atoms with Gasteiger partial charge in [0.2, 0.25) is 0 Å². The zero-order valence-corrected chi connectivity index (χ0v) is 22.1. The number of aromatic nitrogens is 4. The molecule has 5 aromatic rings. The van der Waals surface area contributed by atoms with Gasteiger partial charge in [-0.1, -0.05) is 43.3 Å². The zero-order valence-electron chi connectivity index (χ0n) is 20.5. The number of hydrogen-bond donors (Lipinski definition) is 2. The van der Waals surface area contributed by atoms with Crippen molar-refractivity contribution >= 4 is 33.2 Å². The number of hydrogen-bond acceptors (Lipinski definition) is 6. The van der Waals surface area contributed by atoms with Gasteiger partial charge in [0.15, 0.2) is 18.3 Å². The molecule has 188 valence electrons. The van der Waals surface area contributed by atoms with Crippen LogP contribution >= 0.6 is 15.9 Å². The van der Waals surface area contributed by atoms with E-state index in [9.17, 15) is 4.79 Å². The highest BCUT2D eigenvalue weighted by atomic mass is 79.9. The van der Waals surface area contributed by atoms with E-state index in [1.807, 2.05) is 43.3 Å². The van der Waals surface area contributed by atoms with Gasteiger partial charge >= 0.3 is 5.97 Å². The van der Waals surface area contributed by atoms with E-state index in [4.69, 9.17) is 9.47 Å². The van der Waals surface area contributed by atoms with Crippen LogP contribution in [0.15, 0.2) is 77.3 Å². The lowest BCUT2D eigenvalue weighted by molar-refractivity contribution is -0.0259. The summed E-state index contributed by atoms with van der Waals surface area (Å²) in [7, 11) is 0. The van der Waals surface area contributed by atoms with E-state index in [2.05, 4.69) is 67.6 Å². The van der Waals surface area contributed by atoms with Crippen molar-refractivity contribution in [2.24, 2.45) is 0 Å². The van der Waals surface area contributed by atoms with Crippen molar-refractivity contribution in [3.63, 3.8) is 0 Å². The second-order valence-electron chi connectivity index (χ2n) is 8.50. The van der Waals surface area contributed by atoms with E-state index in [0.29, 0.717) is 11.4 Å². The molecule has 0 fully saturated rings. The Morgan fingerprint density at radius 1 is 0.973 bits per heavy atom. The average molecular weight is 560 g/mol. The lowest BCUT2D eigenvalue weighted by Crippen LogP contribution is -2.13. The summed E-state index contributed by atoms with van der Waals surface area (Å²) in [6.07, 6.45) is 1.01. The molecular formula is C28H26BrN5O3. The van der Waals surface area contributed by atoms with Crippen LogP contribution in [0.1, 0.15) is 28.5 Å². The van der Waals surface area contributed by atoms with Crippen LogP contribution in [0.25, 0.3) is 28.2 Å². The Morgan fingerprint density at radius 2 is 1.62 bits per heavy atom. The van der Waals surface area contributed by atoms with E-state index in [1.165, 1.54) is 5.56 Å². The van der Waals surface area contributed by atoms with Crippen molar-refractivity contribution in [3.8, 4) is 22.5 Å². The average Bonchev–Trinajstić information content (AvgIpc) is 3.47. The first-order chi connectivity index (χ1) is 18.0. The van der Waals surface area contributed by atoms with Gasteiger partial charge in [0.25, 0.3) is 0 Å². The van der Waals surface area contributed by atoms with E-state index in [-0.39, 0.29) is 13.5 Å². The Morgan fingerprint density at radius 3 is 2.27 bits per heavy atom. The monoisotopic (exact) mass is 559 g/mol. The van der Waals surface area contributed by atoms with Crippen LogP contribution in [0.5, 0.6) is 0 Å². The first-order valence-electron chi connectivity index (χ1n) is 11.9. The molecule has 0 radical (unpaired) electrons. The SMILES string of the molecule is CCc1ccc(-c2ccc(C(=O)OCOCNc3ccc(-c4nc5c(Br)c(C)[nH]n5n4)cc3)cc2)cc1. The first-order valence-corrected chi connectivity index (χ1v) is 12.7. The van der Waals surface area contributed by atoms with Crippen LogP contribution in [0.4, 0.5) is 5.69 Å². The summed E-state index contributed by atoms with van der Waals surface area (Å²) in [4.78, 5) is 16.9. The smallest absolute Gasteiger partial charge is 0.340 e. The maximum atomic E-state index is 12.3. The molecule has 37 heavy (non-hydrogen) atoms. The molecule has 8 nitrogen and oxygen atoms in total. The molecule has 0 aliphatic heterocycles. The zero-order chi connectivity index (χ0) is 25.8. The molecule has 0 saturated heterocycles. The summed E-state index contributed by atoms with van der Waals surface area (Å²) in [5.74, 6) is 0.201. The molecule has 0 amide bonds. The largest absolute Gasteiger partial charge is 0.435 e. The van der Waals surface area contributed by atoms with Crippen LogP contribution in [0.2, 0.25) is 0 Å². The molecule has 0 saturated carbocycles. The highest BCUT2D eigenvalue weighted by Crippen LogP contribution is 2.24. The number of aryl methyl sites for hydroxylation is 2. The van der Waals surface area contributed by atoms with Crippen molar-refractivity contribution in [2.75, 3.05) is 18.8 Å². The number of carbonyl (C=O) groups excluding carboxylic acids is 1. The number of benzene rings is 3. The maximum Gasteiger partial charge on any atom is 0.340 e. The van der Waals surface area contributed by atoms with Crippen LogP contribution in [-0.2, 0) is 15.9 Å². The first kappa shape index (κ1) is 24.7. The highest BCUT2D eigenvalue weighted by molar-refractivity contribution is 9.10. The molecule has 0 aliphatic rings. The van der Waals surface area contributed by atoms with Crippen molar-refractivity contribution in [3.05, 3.63) is 94.1 Å². The molecule has 0 spiro atoms. The topological polar surface area (TPSA) is 93.5 Å². The van der Waals surface area contributed by atoms with Crippen molar-refractivity contribution in [1.82, 2.24) is 19.8 Å². The molecular weight excluding hydrogens is 534 g/mol. The third-order valence-corrected chi connectivity index (χ3v) is 6.97.